The van der Waals surface area contributed by atoms with Gasteiger partial charge in [0.05, 0.1) is 0 Å². The number of H-pyrrole nitrogens is 1. The van der Waals surface area contributed by atoms with Crippen molar-refractivity contribution in [2.45, 2.75) is 64.8 Å². The highest BCUT2D eigenvalue weighted by molar-refractivity contribution is 5.93. The largest absolute Gasteiger partial charge is 0.350 e. The molecule has 1 aromatic heterocycles. The van der Waals surface area contributed by atoms with Crippen LogP contribution in [0.5, 0.6) is 0 Å². The fourth-order valence-corrected chi connectivity index (χ4v) is 4.88. The van der Waals surface area contributed by atoms with E-state index in [2.05, 4.69) is 29.0 Å². The molecule has 0 unspecified atom stereocenters. The molecule has 2 atom stereocenters. The van der Waals surface area contributed by atoms with Crippen LogP contribution in [0, 0.1) is 11.3 Å². The minimum atomic E-state index is -0.0130. The summed E-state index contributed by atoms with van der Waals surface area (Å²) in [6.07, 6.45) is 8.52. The van der Waals surface area contributed by atoms with Gasteiger partial charge in [0.1, 0.15) is 11.5 Å². The number of piperidine rings is 2. The van der Waals surface area contributed by atoms with Crippen LogP contribution in [0.4, 0.5) is 0 Å². The highest BCUT2D eigenvalue weighted by Gasteiger charge is 2.35. The van der Waals surface area contributed by atoms with Gasteiger partial charge in [-0.05, 0) is 56.5 Å². The second kappa shape index (κ2) is 6.17. The Labute approximate surface area is 144 Å². The predicted molar refractivity (Wildman–Crippen MR) is 94.0 cm³/mol. The highest BCUT2D eigenvalue weighted by Crippen LogP contribution is 2.33. The zero-order chi connectivity index (χ0) is 16.7. The molecule has 0 bridgehead atoms. The van der Waals surface area contributed by atoms with E-state index in [1.807, 2.05) is 0 Å². The van der Waals surface area contributed by atoms with Gasteiger partial charge >= 0.3 is 0 Å². The van der Waals surface area contributed by atoms with Crippen LogP contribution in [0.1, 0.15) is 68.0 Å². The molecule has 0 spiro atoms. The zero-order valence-electron chi connectivity index (χ0n) is 15.0. The van der Waals surface area contributed by atoms with Crippen molar-refractivity contribution in [3.05, 3.63) is 17.2 Å². The van der Waals surface area contributed by atoms with Gasteiger partial charge in [-0.15, -0.1) is 0 Å². The van der Waals surface area contributed by atoms with Crippen LogP contribution in [0.3, 0.4) is 0 Å². The molecule has 4 rings (SSSR count). The molecular weight excluding hydrogens is 300 g/mol. The van der Waals surface area contributed by atoms with Gasteiger partial charge in [-0.2, -0.15) is 0 Å². The van der Waals surface area contributed by atoms with Crippen molar-refractivity contribution in [1.82, 2.24) is 20.2 Å². The molecule has 24 heavy (non-hydrogen) atoms. The lowest BCUT2D eigenvalue weighted by Gasteiger charge is -2.44. The Hall–Kier alpha value is -1.36. The van der Waals surface area contributed by atoms with Gasteiger partial charge in [-0.1, -0.05) is 20.3 Å². The molecule has 0 aliphatic carbocycles. The van der Waals surface area contributed by atoms with E-state index < -0.39 is 0 Å². The Bertz CT molecular complexity index is 619. The van der Waals surface area contributed by atoms with Crippen LogP contribution in [0.15, 0.2) is 0 Å². The van der Waals surface area contributed by atoms with Gasteiger partial charge in [0.15, 0.2) is 0 Å². The molecule has 0 aromatic carbocycles. The Kier molecular flexibility index (Phi) is 4.15. The van der Waals surface area contributed by atoms with Crippen molar-refractivity contribution in [3.8, 4) is 0 Å². The van der Waals surface area contributed by atoms with E-state index in [0.29, 0.717) is 18.2 Å². The van der Waals surface area contributed by atoms with E-state index in [1.54, 1.807) is 0 Å². The molecule has 1 amide bonds. The number of nitrogens with one attached hydrogen (secondary N) is 2. The number of hydrogen-bond acceptors (Lipinski definition) is 3. The van der Waals surface area contributed by atoms with Crippen molar-refractivity contribution >= 4 is 5.91 Å². The first-order valence-corrected chi connectivity index (χ1v) is 9.62. The number of rotatable bonds is 2. The number of imidazole rings is 1. The third-order valence-electron chi connectivity index (χ3n) is 6.11. The topological polar surface area (TPSA) is 61.0 Å². The summed E-state index contributed by atoms with van der Waals surface area (Å²) in [6, 6.07) is 0.725. The summed E-state index contributed by atoms with van der Waals surface area (Å²) in [6.45, 7) is 7.65. The number of amides is 1. The smallest absolute Gasteiger partial charge is 0.271 e. The van der Waals surface area contributed by atoms with Crippen molar-refractivity contribution in [1.29, 1.82) is 0 Å². The number of aromatic nitrogens is 2. The number of carbonyl (C=O) groups is 1. The van der Waals surface area contributed by atoms with Crippen LogP contribution in [-0.2, 0) is 12.8 Å². The number of hydrogen-bond donors (Lipinski definition) is 2. The third kappa shape index (κ3) is 3.10. The Balaban J connectivity index is 1.53. The van der Waals surface area contributed by atoms with Gasteiger partial charge in [0.25, 0.3) is 5.91 Å². The molecule has 3 aliphatic rings. The lowest BCUT2D eigenvalue weighted by molar-refractivity contribution is 0.0589. The lowest BCUT2D eigenvalue weighted by Crippen LogP contribution is -2.48. The van der Waals surface area contributed by atoms with Gasteiger partial charge in [-0.25, -0.2) is 4.98 Å². The standard InChI is InChI=1S/C19H30N4O/c1-19(2)11-14-17(18(24)20-12-19)22-16(21-14)10-13-6-5-9-23-8-4-3-7-15(13)23/h13,15H,3-12H2,1-2H3,(H,20,24)(H,21,22)/t13-,15+/m0/s1. The van der Waals surface area contributed by atoms with E-state index in [1.165, 1.54) is 45.2 Å². The maximum atomic E-state index is 12.3. The van der Waals surface area contributed by atoms with Crippen LogP contribution in [-0.4, -0.2) is 46.5 Å². The first kappa shape index (κ1) is 16.1. The van der Waals surface area contributed by atoms with Crippen LogP contribution >= 0.6 is 0 Å². The average Bonchev–Trinajstić information content (AvgIpc) is 2.90. The van der Waals surface area contributed by atoms with Gasteiger partial charge in [-0.3, -0.25) is 4.79 Å². The molecule has 2 saturated heterocycles. The summed E-state index contributed by atoms with van der Waals surface area (Å²) < 4.78 is 0. The minimum Gasteiger partial charge on any atom is -0.350 e. The summed E-state index contributed by atoms with van der Waals surface area (Å²) >= 11 is 0. The van der Waals surface area contributed by atoms with E-state index in [-0.39, 0.29) is 11.3 Å². The zero-order valence-corrected chi connectivity index (χ0v) is 15.0. The maximum absolute atomic E-state index is 12.3. The Morgan fingerprint density at radius 1 is 1.21 bits per heavy atom. The molecule has 1 aromatic rings. The van der Waals surface area contributed by atoms with E-state index >= 15 is 0 Å². The molecule has 2 N–H and O–H groups in total. The average molecular weight is 330 g/mol. The van der Waals surface area contributed by atoms with Gasteiger partial charge < -0.3 is 15.2 Å². The molecule has 5 nitrogen and oxygen atoms in total. The molecule has 2 fully saturated rings. The van der Waals surface area contributed by atoms with Crippen LogP contribution in [0.2, 0.25) is 0 Å². The second-order valence-electron chi connectivity index (χ2n) is 8.74. The van der Waals surface area contributed by atoms with Crippen molar-refractivity contribution in [2.24, 2.45) is 11.3 Å². The summed E-state index contributed by atoms with van der Waals surface area (Å²) in [5.41, 5.74) is 1.74. The molecule has 0 saturated carbocycles. The number of carbonyl (C=O) groups excluding carboxylic acids is 1. The van der Waals surface area contributed by atoms with E-state index in [0.717, 1.165) is 30.4 Å². The van der Waals surface area contributed by atoms with Gasteiger partial charge in [0.2, 0.25) is 0 Å². The normalized spacial score (nSPS) is 30.2. The van der Waals surface area contributed by atoms with Crippen LogP contribution in [0.25, 0.3) is 0 Å². The number of aromatic amines is 1. The summed E-state index contributed by atoms with van der Waals surface area (Å²) in [7, 11) is 0. The highest BCUT2D eigenvalue weighted by atomic mass is 16.1. The lowest BCUT2D eigenvalue weighted by atomic mass is 9.81. The fraction of sp³-hybridized carbons (Fsp3) is 0.789. The first-order chi connectivity index (χ1) is 11.5. The predicted octanol–water partition coefficient (Wildman–Crippen LogP) is 2.53. The molecule has 3 aliphatic heterocycles. The molecule has 132 valence electrons. The third-order valence-corrected chi connectivity index (χ3v) is 6.11. The first-order valence-electron chi connectivity index (χ1n) is 9.62. The van der Waals surface area contributed by atoms with Crippen molar-refractivity contribution in [3.63, 3.8) is 0 Å². The summed E-state index contributed by atoms with van der Waals surface area (Å²) in [4.78, 5) is 23.2. The maximum Gasteiger partial charge on any atom is 0.271 e. The number of fused-ring (bicyclic) bond motifs is 2. The number of nitrogens with zero attached hydrogens (tertiary/aromatic N) is 2. The summed E-state index contributed by atoms with van der Waals surface area (Å²) in [5.74, 6) is 1.69. The van der Waals surface area contributed by atoms with Crippen molar-refractivity contribution < 1.29 is 4.79 Å². The molecule has 0 radical (unpaired) electrons. The second-order valence-corrected chi connectivity index (χ2v) is 8.74. The monoisotopic (exact) mass is 330 g/mol. The van der Waals surface area contributed by atoms with Crippen LogP contribution < -0.4 is 5.32 Å². The van der Waals surface area contributed by atoms with E-state index in [9.17, 15) is 4.79 Å². The molecule has 5 heteroatoms. The SMILES string of the molecule is CC1(C)CNC(=O)c2nc(C[C@@H]3CCCN4CCCC[C@H]34)[nH]c2C1. The van der Waals surface area contributed by atoms with E-state index in [4.69, 9.17) is 4.98 Å². The minimum absolute atomic E-state index is 0.0130. The Morgan fingerprint density at radius 2 is 2.04 bits per heavy atom. The molecular formula is C19H30N4O. The fourth-order valence-electron chi connectivity index (χ4n) is 4.88. The quantitative estimate of drug-likeness (QED) is 0.876. The molecule has 4 heterocycles. The summed E-state index contributed by atoms with van der Waals surface area (Å²) in [5, 5.41) is 3.02. The van der Waals surface area contributed by atoms with Crippen molar-refractivity contribution in [2.75, 3.05) is 19.6 Å². The van der Waals surface area contributed by atoms with Gasteiger partial charge in [0, 0.05) is 24.7 Å². The Morgan fingerprint density at radius 3 is 2.92 bits per heavy atom.